The van der Waals surface area contributed by atoms with E-state index in [1.54, 1.807) is 0 Å². The molecule has 2 rings (SSSR count). The number of fused-ring (bicyclic) bond motifs is 1. The smallest absolute Gasteiger partial charge is 0.477 e. The molecule has 0 saturated carbocycles. The van der Waals surface area contributed by atoms with Crippen LogP contribution in [0.1, 0.15) is 5.56 Å². The van der Waals surface area contributed by atoms with Crippen LogP contribution in [0.5, 0.6) is 0 Å². The summed E-state index contributed by atoms with van der Waals surface area (Å²) in [6.45, 7) is 2.08. The third kappa shape index (κ3) is 1.71. The number of benzene rings is 1. The summed E-state index contributed by atoms with van der Waals surface area (Å²) < 4.78 is 0. The molecule has 1 aromatic heterocycles. The molecule has 0 atom stereocenters. The molecular formula is C9H8NY+2. The summed E-state index contributed by atoms with van der Waals surface area (Å²) >= 11 is 0. The molecule has 0 unspecified atom stereocenters. The van der Waals surface area contributed by atoms with E-state index < -0.39 is 0 Å². The van der Waals surface area contributed by atoms with Crippen molar-refractivity contribution in [2.45, 2.75) is 6.92 Å². The zero-order valence-electron chi connectivity index (χ0n) is 6.39. The van der Waals surface area contributed by atoms with Gasteiger partial charge in [0.1, 0.15) is 0 Å². The van der Waals surface area contributed by atoms with Gasteiger partial charge in [-0.25, -0.2) is 0 Å². The second kappa shape index (κ2) is 3.51. The fourth-order valence-corrected chi connectivity index (χ4v) is 1.10. The van der Waals surface area contributed by atoms with Gasteiger partial charge < -0.3 is 4.98 Å². The van der Waals surface area contributed by atoms with Crippen molar-refractivity contribution in [2.75, 3.05) is 0 Å². The molecule has 0 amide bonds. The maximum absolute atomic E-state index is 3.04. The van der Waals surface area contributed by atoms with Crippen LogP contribution in [0.3, 0.4) is 0 Å². The summed E-state index contributed by atoms with van der Waals surface area (Å²) in [5, 5.41) is 1.23. The number of aromatic amines is 1. The predicted molar refractivity (Wildman–Crippen MR) is 41.9 cm³/mol. The van der Waals surface area contributed by atoms with Crippen LogP contribution in [-0.4, -0.2) is 4.98 Å². The summed E-state index contributed by atoms with van der Waals surface area (Å²) in [6.07, 6.45) is 2.94. The summed E-state index contributed by atoms with van der Waals surface area (Å²) in [5.74, 6) is 0. The predicted octanol–water partition coefficient (Wildman–Crippen LogP) is 2.27. The molecule has 2 heteroatoms. The molecule has 1 heterocycles. The number of hydrogen-bond acceptors (Lipinski definition) is 0. The second-order valence-electron chi connectivity index (χ2n) is 2.50. The van der Waals surface area contributed by atoms with Crippen molar-refractivity contribution in [3.05, 3.63) is 36.0 Å². The molecule has 0 aliphatic heterocycles. The van der Waals surface area contributed by atoms with Gasteiger partial charge in [0.15, 0.2) is 0 Å². The number of aryl methyl sites for hydroxylation is 1. The molecule has 0 aliphatic carbocycles. The molecule has 0 radical (unpaired) electrons. The molecule has 11 heavy (non-hydrogen) atoms. The first-order valence-electron chi connectivity index (χ1n) is 3.32. The molecule has 0 spiro atoms. The zero-order chi connectivity index (χ0) is 6.97. The number of nitrogens with one attached hydrogen (secondary N) is 1. The zero-order valence-corrected chi connectivity index (χ0v) is 9.23. The third-order valence-electron chi connectivity index (χ3n) is 1.64. The summed E-state index contributed by atoms with van der Waals surface area (Å²) in [7, 11) is 0. The molecule has 50 valence electrons. The van der Waals surface area contributed by atoms with Gasteiger partial charge in [0, 0.05) is 0 Å². The van der Waals surface area contributed by atoms with Gasteiger partial charge in [-0.15, -0.1) is 23.8 Å². The maximum Gasteiger partial charge on any atom is 3.00 e. The van der Waals surface area contributed by atoms with Crippen LogP contribution in [0.15, 0.2) is 24.3 Å². The summed E-state index contributed by atoms with van der Waals surface area (Å²) in [6, 6.07) is 8.27. The minimum atomic E-state index is 0. The standard InChI is InChI=1S/C9H8N.Y/c1-7-2-3-8-4-5-10-9(8)6-7;/h2-4,6,10H,1H3;/q-1;+3. The molecule has 1 nitrogen and oxygen atoms in total. The van der Waals surface area contributed by atoms with Gasteiger partial charge in [-0.05, 0) is 6.92 Å². The van der Waals surface area contributed by atoms with Gasteiger partial charge in [0.05, 0.1) is 0 Å². The van der Waals surface area contributed by atoms with Gasteiger partial charge in [-0.2, -0.15) is 11.5 Å². The Morgan fingerprint density at radius 3 is 3.00 bits per heavy atom. The Bertz CT molecular complexity index is 351. The van der Waals surface area contributed by atoms with Crippen molar-refractivity contribution in [2.24, 2.45) is 0 Å². The van der Waals surface area contributed by atoms with E-state index in [0.717, 1.165) is 0 Å². The van der Waals surface area contributed by atoms with E-state index in [4.69, 9.17) is 0 Å². The van der Waals surface area contributed by atoms with E-state index in [0.29, 0.717) is 0 Å². The van der Waals surface area contributed by atoms with E-state index in [1.807, 2.05) is 6.07 Å². The monoisotopic (exact) mass is 219 g/mol. The maximum atomic E-state index is 3.04. The molecule has 1 N–H and O–H groups in total. The van der Waals surface area contributed by atoms with Gasteiger partial charge in [-0.3, -0.25) is 0 Å². The molecule has 1 aromatic carbocycles. The number of hydrogen-bond donors (Lipinski definition) is 1. The topological polar surface area (TPSA) is 15.8 Å². The van der Waals surface area contributed by atoms with Crippen molar-refractivity contribution in [1.82, 2.24) is 4.98 Å². The molecule has 2 aromatic rings. The Balaban J connectivity index is 0.000000605. The number of H-pyrrole nitrogens is 1. The molecular weight excluding hydrogens is 211 g/mol. The van der Waals surface area contributed by atoms with Gasteiger partial charge in [0.25, 0.3) is 0 Å². The molecule has 0 fully saturated rings. The summed E-state index contributed by atoms with van der Waals surface area (Å²) in [4.78, 5) is 3.04. The number of aromatic nitrogens is 1. The van der Waals surface area contributed by atoms with Crippen molar-refractivity contribution in [3.8, 4) is 0 Å². The van der Waals surface area contributed by atoms with Crippen molar-refractivity contribution in [1.29, 1.82) is 0 Å². The average Bonchev–Trinajstić information content (AvgIpc) is 2.33. The Hall–Kier alpha value is -0.136. The second-order valence-corrected chi connectivity index (χ2v) is 2.50. The van der Waals surface area contributed by atoms with Crippen LogP contribution >= 0.6 is 0 Å². The van der Waals surface area contributed by atoms with E-state index in [9.17, 15) is 0 Å². The number of rotatable bonds is 0. The largest absolute Gasteiger partial charge is 3.00 e. The Labute approximate surface area is 91.1 Å². The van der Waals surface area contributed by atoms with Gasteiger partial charge >= 0.3 is 32.7 Å². The Morgan fingerprint density at radius 2 is 2.18 bits per heavy atom. The fourth-order valence-electron chi connectivity index (χ4n) is 1.10. The first-order valence-corrected chi connectivity index (χ1v) is 3.32. The quantitative estimate of drug-likeness (QED) is 0.654. The van der Waals surface area contributed by atoms with Crippen LogP contribution < -0.4 is 0 Å². The molecule has 0 bridgehead atoms. The molecule has 0 aliphatic rings. The van der Waals surface area contributed by atoms with Crippen LogP contribution in [0.2, 0.25) is 0 Å². The Morgan fingerprint density at radius 1 is 1.36 bits per heavy atom. The van der Waals surface area contributed by atoms with Crippen molar-refractivity contribution < 1.29 is 32.7 Å². The normalized spacial score (nSPS) is 9.55. The Kier molecular flexibility index (Phi) is 2.86. The van der Waals surface area contributed by atoms with Crippen molar-refractivity contribution >= 4 is 10.9 Å². The van der Waals surface area contributed by atoms with Crippen LogP contribution in [0.4, 0.5) is 0 Å². The minimum Gasteiger partial charge on any atom is -0.477 e. The summed E-state index contributed by atoms with van der Waals surface area (Å²) in [5.41, 5.74) is 2.45. The van der Waals surface area contributed by atoms with Crippen LogP contribution in [0, 0.1) is 13.1 Å². The van der Waals surface area contributed by atoms with E-state index >= 15 is 0 Å². The van der Waals surface area contributed by atoms with Crippen LogP contribution in [-0.2, 0) is 32.7 Å². The fraction of sp³-hybridized carbons (Fsp3) is 0.111. The SMILES string of the molecule is Cc1ccc2c[c-][nH]c2c1.[Y+3]. The average molecular weight is 219 g/mol. The van der Waals surface area contributed by atoms with E-state index in [1.165, 1.54) is 16.5 Å². The van der Waals surface area contributed by atoms with Gasteiger partial charge in [-0.1, -0.05) is 11.6 Å². The minimum absolute atomic E-state index is 0. The van der Waals surface area contributed by atoms with E-state index in [2.05, 4.69) is 36.3 Å². The first-order chi connectivity index (χ1) is 4.86. The van der Waals surface area contributed by atoms with Crippen molar-refractivity contribution in [3.63, 3.8) is 0 Å². The van der Waals surface area contributed by atoms with Gasteiger partial charge in [0.2, 0.25) is 0 Å². The molecule has 0 saturated heterocycles. The third-order valence-corrected chi connectivity index (χ3v) is 1.64. The van der Waals surface area contributed by atoms with Crippen LogP contribution in [0.25, 0.3) is 10.9 Å². The van der Waals surface area contributed by atoms with E-state index in [-0.39, 0.29) is 32.7 Å². The first kappa shape index (κ1) is 8.96.